The Morgan fingerprint density at radius 2 is 1.86 bits per heavy atom. The van der Waals surface area contributed by atoms with Crippen molar-refractivity contribution in [1.82, 2.24) is 15.5 Å². The van der Waals surface area contributed by atoms with E-state index in [2.05, 4.69) is 20.5 Å². The lowest BCUT2D eigenvalue weighted by atomic mass is 9.99. The van der Waals surface area contributed by atoms with Crippen LogP contribution < -0.4 is 20.1 Å². The van der Waals surface area contributed by atoms with E-state index in [1.54, 1.807) is 33.4 Å². The van der Waals surface area contributed by atoms with Gasteiger partial charge in [0.25, 0.3) is 5.91 Å². The van der Waals surface area contributed by atoms with Crippen LogP contribution in [0.5, 0.6) is 11.5 Å². The number of guanidine groups is 1. The van der Waals surface area contributed by atoms with Crippen LogP contribution in [0, 0.1) is 0 Å². The van der Waals surface area contributed by atoms with Gasteiger partial charge in [-0.15, -0.1) is 24.0 Å². The van der Waals surface area contributed by atoms with E-state index in [-0.39, 0.29) is 29.9 Å². The SMILES string of the molecule is CN=C(NCCNC(=O)c1ccco1)N1CCc2cc(OC)c(OC)cc2C1.I. The van der Waals surface area contributed by atoms with Gasteiger partial charge in [0.15, 0.2) is 23.2 Å². The number of ether oxygens (including phenoxy) is 2. The number of methoxy groups -OCH3 is 2. The monoisotopic (exact) mass is 514 g/mol. The van der Waals surface area contributed by atoms with Crippen molar-refractivity contribution in [2.75, 3.05) is 40.9 Å². The van der Waals surface area contributed by atoms with Crippen LogP contribution >= 0.6 is 24.0 Å². The zero-order chi connectivity index (χ0) is 19.9. The first-order chi connectivity index (χ1) is 13.7. The van der Waals surface area contributed by atoms with Crippen molar-refractivity contribution >= 4 is 35.8 Å². The molecule has 0 saturated heterocycles. The van der Waals surface area contributed by atoms with E-state index in [1.165, 1.54) is 17.4 Å². The van der Waals surface area contributed by atoms with Crippen LogP contribution in [-0.2, 0) is 13.0 Å². The Labute approximate surface area is 187 Å². The van der Waals surface area contributed by atoms with Gasteiger partial charge in [0.2, 0.25) is 0 Å². The lowest BCUT2D eigenvalue weighted by Crippen LogP contribution is -2.46. The number of hydrogen-bond donors (Lipinski definition) is 2. The molecule has 0 unspecified atom stereocenters. The fourth-order valence-corrected chi connectivity index (χ4v) is 3.24. The maximum absolute atomic E-state index is 11.9. The number of nitrogens with one attached hydrogen (secondary N) is 2. The summed E-state index contributed by atoms with van der Waals surface area (Å²) < 4.78 is 15.9. The molecule has 29 heavy (non-hydrogen) atoms. The molecule has 3 rings (SSSR count). The molecule has 1 aromatic heterocycles. The molecule has 9 heteroatoms. The van der Waals surface area contributed by atoms with Crippen molar-refractivity contribution in [2.45, 2.75) is 13.0 Å². The normalized spacial score (nSPS) is 13.2. The molecule has 2 N–H and O–H groups in total. The van der Waals surface area contributed by atoms with Crippen molar-refractivity contribution < 1.29 is 18.7 Å². The Morgan fingerprint density at radius 1 is 1.17 bits per heavy atom. The molecule has 0 atom stereocenters. The lowest BCUT2D eigenvalue weighted by molar-refractivity contribution is 0.0926. The predicted molar refractivity (Wildman–Crippen MR) is 121 cm³/mol. The molecule has 8 nitrogen and oxygen atoms in total. The van der Waals surface area contributed by atoms with Crippen LogP contribution in [0.2, 0.25) is 0 Å². The highest BCUT2D eigenvalue weighted by Gasteiger charge is 2.21. The second-order valence-electron chi connectivity index (χ2n) is 6.35. The number of nitrogens with zero attached hydrogens (tertiary/aromatic N) is 2. The van der Waals surface area contributed by atoms with Gasteiger partial charge in [-0.2, -0.15) is 0 Å². The molecule has 2 aromatic rings. The molecule has 1 amide bonds. The molecule has 1 aromatic carbocycles. The van der Waals surface area contributed by atoms with Gasteiger partial charge in [-0.1, -0.05) is 0 Å². The van der Waals surface area contributed by atoms with Gasteiger partial charge in [-0.3, -0.25) is 9.79 Å². The number of rotatable bonds is 6. The molecule has 0 fully saturated rings. The first kappa shape index (κ1) is 22.9. The minimum Gasteiger partial charge on any atom is -0.493 e. The highest BCUT2D eigenvalue weighted by Crippen LogP contribution is 2.33. The first-order valence-electron chi connectivity index (χ1n) is 9.17. The highest BCUT2D eigenvalue weighted by molar-refractivity contribution is 14.0. The van der Waals surface area contributed by atoms with Gasteiger partial charge in [0, 0.05) is 33.2 Å². The topological polar surface area (TPSA) is 88.3 Å². The molecule has 0 spiro atoms. The number of carbonyl (C=O) groups is 1. The van der Waals surface area contributed by atoms with Crippen LogP contribution in [0.15, 0.2) is 39.9 Å². The Morgan fingerprint density at radius 3 is 2.48 bits per heavy atom. The summed E-state index contributed by atoms with van der Waals surface area (Å²) in [4.78, 5) is 18.4. The summed E-state index contributed by atoms with van der Waals surface area (Å²) in [6.45, 7) is 2.61. The second-order valence-corrected chi connectivity index (χ2v) is 6.35. The number of aliphatic imine (C=N–C) groups is 1. The molecule has 0 bridgehead atoms. The van der Waals surface area contributed by atoms with Crippen molar-refractivity contribution in [2.24, 2.45) is 4.99 Å². The fraction of sp³-hybridized carbons (Fsp3) is 0.400. The minimum absolute atomic E-state index is 0. The highest BCUT2D eigenvalue weighted by atomic mass is 127. The Bertz CT molecular complexity index is 839. The van der Waals surface area contributed by atoms with E-state index < -0.39 is 0 Å². The summed E-state index contributed by atoms with van der Waals surface area (Å²) in [5.74, 6) is 2.36. The third-order valence-electron chi connectivity index (χ3n) is 4.67. The molecule has 1 aliphatic heterocycles. The Balaban J connectivity index is 0.00000300. The molecule has 1 aliphatic rings. The number of furan rings is 1. The Hall–Kier alpha value is -2.43. The van der Waals surface area contributed by atoms with Gasteiger partial charge in [-0.25, -0.2) is 0 Å². The Kier molecular flexibility index (Phi) is 8.62. The lowest BCUT2D eigenvalue weighted by Gasteiger charge is -2.32. The van der Waals surface area contributed by atoms with Crippen LogP contribution in [0.25, 0.3) is 0 Å². The standard InChI is InChI=1S/C20H26N4O4.HI/c1-21-20(23-8-7-22-19(25)16-5-4-10-28-16)24-9-6-14-11-17(26-2)18(27-3)12-15(14)13-24;/h4-5,10-12H,6-9,13H2,1-3H3,(H,21,23)(H,22,25);1H. The van der Waals surface area contributed by atoms with E-state index in [1.807, 2.05) is 12.1 Å². The summed E-state index contributed by atoms with van der Waals surface area (Å²) >= 11 is 0. The van der Waals surface area contributed by atoms with Crippen LogP contribution in [0.3, 0.4) is 0 Å². The molecular weight excluding hydrogens is 487 g/mol. The third kappa shape index (κ3) is 5.55. The van der Waals surface area contributed by atoms with Crippen LogP contribution in [0.4, 0.5) is 0 Å². The average Bonchev–Trinajstić information content (AvgIpc) is 3.27. The van der Waals surface area contributed by atoms with Gasteiger partial charge < -0.3 is 29.4 Å². The largest absolute Gasteiger partial charge is 0.493 e. The van der Waals surface area contributed by atoms with E-state index in [9.17, 15) is 4.79 Å². The summed E-state index contributed by atoms with van der Waals surface area (Å²) in [5, 5.41) is 6.11. The average molecular weight is 514 g/mol. The van der Waals surface area contributed by atoms with Gasteiger partial charge in [0.05, 0.1) is 20.5 Å². The predicted octanol–water partition coefficient (Wildman–Crippen LogP) is 2.28. The van der Waals surface area contributed by atoms with E-state index in [4.69, 9.17) is 13.9 Å². The van der Waals surface area contributed by atoms with Crippen LogP contribution in [0.1, 0.15) is 21.7 Å². The first-order valence-corrected chi connectivity index (χ1v) is 9.17. The van der Waals surface area contributed by atoms with Crippen molar-refractivity contribution in [1.29, 1.82) is 0 Å². The quantitative estimate of drug-likeness (QED) is 0.266. The molecule has 158 valence electrons. The molecule has 0 saturated carbocycles. The van der Waals surface area contributed by atoms with Gasteiger partial charge in [-0.05, 0) is 41.8 Å². The van der Waals surface area contributed by atoms with Gasteiger partial charge >= 0.3 is 0 Å². The minimum atomic E-state index is -0.227. The number of amides is 1. The zero-order valence-electron chi connectivity index (χ0n) is 16.9. The fourth-order valence-electron chi connectivity index (χ4n) is 3.24. The maximum atomic E-state index is 11.9. The van der Waals surface area contributed by atoms with E-state index in [0.717, 1.165) is 37.0 Å². The second kappa shape index (κ2) is 10.9. The molecule has 2 heterocycles. The summed E-state index contributed by atoms with van der Waals surface area (Å²) in [5.41, 5.74) is 2.45. The zero-order valence-corrected chi connectivity index (χ0v) is 19.2. The number of hydrogen-bond acceptors (Lipinski definition) is 5. The smallest absolute Gasteiger partial charge is 0.287 e. The van der Waals surface area contributed by atoms with Crippen molar-refractivity contribution in [3.63, 3.8) is 0 Å². The number of halogens is 1. The number of fused-ring (bicyclic) bond motifs is 1. The summed E-state index contributed by atoms with van der Waals surface area (Å²) in [6, 6.07) is 7.40. The summed E-state index contributed by atoms with van der Waals surface area (Å²) in [7, 11) is 5.05. The maximum Gasteiger partial charge on any atom is 0.287 e. The summed E-state index contributed by atoms with van der Waals surface area (Å²) in [6.07, 6.45) is 2.37. The van der Waals surface area contributed by atoms with Crippen LogP contribution in [-0.4, -0.2) is 57.7 Å². The molecule has 0 aliphatic carbocycles. The van der Waals surface area contributed by atoms with Gasteiger partial charge in [0.1, 0.15) is 0 Å². The number of benzene rings is 1. The van der Waals surface area contributed by atoms with E-state index >= 15 is 0 Å². The molecular formula is C20H27IN4O4. The van der Waals surface area contributed by atoms with E-state index in [0.29, 0.717) is 18.8 Å². The van der Waals surface area contributed by atoms with Crippen molar-refractivity contribution in [3.8, 4) is 11.5 Å². The third-order valence-corrected chi connectivity index (χ3v) is 4.67. The molecule has 0 radical (unpaired) electrons. The number of carbonyl (C=O) groups excluding carboxylic acids is 1. The van der Waals surface area contributed by atoms with Crippen molar-refractivity contribution in [3.05, 3.63) is 47.4 Å².